The molecule has 18 heavy (non-hydrogen) atoms. The third kappa shape index (κ3) is 4.46. The van der Waals surface area contributed by atoms with Crippen LogP contribution < -0.4 is 10.2 Å². The quantitative estimate of drug-likeness (QED) is 0.778. The number of rotatable bonds is 6. The maximum atomic E-state index is 11.3. The number of aromatic nitrogens is 2. The van der Waals surface area contributed by atoms with E-state index < -0.39 is 0 Å². The van der Waals surface area contributed by atoms with Gasteiger partial charge in [-0.15, -0.1) is 0 Å². The predicted molar refractivity (Wildman–Crippen MR) is 69.7 cm³/mol. The van der Waals surface area contributed by atoms with E-state index in [1.165, 1.54) is 0 Å². The second-order valence-electron chi connectivity index (χ2n) is 3.63. The van der Waals surface area contributed by atoms with Gasteiger partial charge >= 0.3 is 0 Å². The summed E-state index contributed by atoms with van der Waals surface area (Å²) in [5.41, 5.74) is 0. The molecule has 7 heteroatoms. The molecular weight excluding hydrogens is 256 g/mol. The summed E-state index contributed by atoms with van der Waals surface area (Å²) >= 11 is 5.91. The number of nitrogens with zero attached hydrogens (tertiary/aromatic N) is 3. The van der Waals surface area contributed by atoms with Crippen LogP contribution in [0.15, 0.2) is 6.07 Å². The molecule has 1 aromatic rings. The molecule has 1 aromatic heterocycles. The summed E-state index contributed by atoms with van der Waals surface area (Å²) in [7, 11) is 3.35. The Labute approximate surface area is 111 Å². The second-order valence-corrected chi connectivity index (χ2v) is 4.02. The van der Waals surface area contributed by atoms with E-state index in [4.69, 9.17) is 16.3 Å². The van der Waals surface area contributed by atoms with Gasteiger partial charge in [-0.1, -0.05) is 11.6 Å². The first kappa shape index (κ1) is 14.7. The lowest BCUT2D eigenvalue weighted by Crippen LogP contribution is -2.33. The number of hydrogen-bond donors (Lipinski definition) is 1. The summed E-state index contributed by atoms with van der Waals surface area (Å²) in [6.45, 7) is 2.98. The van der Waals surface area contributed by atoms with Crippen LogP contribution in [0.2, 0.25) is 5.15 Å². The minimum atomic E-state index is -0.0985. The van der Waals surface area contributed by atoms with Gasteiger partial charge in [0, 0.05) is 26.8 Å². The molecule has 0 saturated carbocycles. The number of halogens is 1. The summed E-state index contributed by atoms with van der Waals surface area (Å²) in [6.07, 6.45) is 0. The Morgan fingerprint density at radius 1 is 1.56 bits per heavy atom. The highest BCUT2D eigenvalue weighted by Crippen LogP contribution is 2.15. The number of carbonyl (C=O) groups is 1. The lowest BCUT2D eigenvalue weighted by atomic mass is 10.4. The van der Waals surface area contributed by atoms with Crippen molar-refractivity contribution in [1.29, 1.82) is 0 Å². The van der Waals surface area contributed by atoms with Crippen molar-refractivity contribution in [2.24, 2.45) is 0 Å². The van der Waals surface area contributed by atoms with Gasteiger partial charge in [-0.3, -0.25) is 4.79 Å². The molecule has 1 N–H and O–H groups in total. The van der Waals surface area contributed by atoms with Gasteiger partial charge in [0.05, 0.1) is 6.54 Å². The van der Waals surface area contributed by atoms with E-state index in [0.29, 0.717) is 30.0 Å². The summed E-state index contributed by atoms with van der Waals surface area (Å²) in [5.74, 6) is 0.995. The van der Waals surface area contributed by atoms with Crippen LogP contribution in [0.25, 0.3) is 0 Å². The molecule has 0 aliphatic rings. The fourth-order valence-corrected chi connectivity index (χ4v) is 1.48. The molecule has 0 bridgehead atoms. The van der Waals surface area contributed by atoms with Crippen LogP contribution >= 0.6 is 11.6 Å². The van der Waals surface area contributed by atoms with Crippen molar-refractivity contribution in [2.75, 3.05) is 32.1 Å². The molecule has 1 heterocycles. The van der Waals surface area contributed by atoms with E-state index >= 15 is 0 Å². The molecule has 0 fully saturated rings. The first-order valence-corrected chi connectivity index (χ1v) is 5.97. The summed E-state index contributed by atoms with van der Waals surface area (Å²) in [5, 5.41) is 2.88. The second kappa shape index (κ2) is 7.13. The number of hydrogen-bond acceptors (Lipinski definition) is 5. The molecule has 100 valence electrons. The first-order valence-electron chi connectivity index (χ1n) is 5.59. The van der Waals surface area contributed by atoms with Crippen molar-refractivity contribution >= 4 is 23.3 Å². The predicted octanol–water partition coefficient (Wildman–Crippen LogP) is 0.849. The molecule has 1 rings (SSSR count). The minimum Gasteiger partial charge on any atom is -0.374 e. The molecule has 0 aromatic carbocycles. The molecule has 0 radical (unpaired) electrons. The van der Waals surface area contributed by atoms with Crippen molar-refractivity contribution in [2.45, 2.75) is 13.5 Å². The van der Waals surface area contributed by atoms with Gasteiger partial charge in [-0.2, -0.15) is 0 Å². The summed E-state index contributed by atoms with van der Waals surface area (Å²) in [6, 6.07) is 1.61. The zero-order valence-electron chi connectivity index (χ0n) is 10.7. The summed E-state index contributed by atoms with van der Waals surface area (Å²) in [4.78, 5) is 21.3. The Bertz CT molecular complexity index is 414. The van der Waals surface area contributed by atoms with Crippen LogP contribution in [0.3, 0.4) is 0 Å². The summed E-state index contributed by atoms with van der Waals surface area (Å²) < 4.78 is 5.23. The monoisotopic (exact) mass is 272 g/mol. The third-order valence-corrected chi connectivity index (χ3v) is 2.41. The molecule has 0 saturated heterocycles. The van der Waals surface area contributed by atoms with Crippen LogP contribution in [-0.4, -0.2) is 43.1 Å². The van der Waals surface area contributed by atoms with Gasteiger partial charge in [-0.25, -0.2) is 9.97 Å². The fraction of sp³-hybridized carbons (Fsp3) is 0.545. The van der Waals surface area contributed by atoms with E-state index in [1.807, 2.05) is 6.92 Å². The molecule has 6 nitrogen and oxygen atoms in total. The fourth-order valence-electron chi connectivity index (χ4n) is 1.28. The van der Waals surface area contributed by atoms with Crippen LogP contribution in [0.1, 0.15) is 12.7 Å². The van der Waals surface area contributed by atoms with Crippen LogP contribution in [0.4, 0.5) is 5.82 Å². The van der Waals surface area contributed by atoms with Gasteiger partial charge in [-0.05, 0) is 6.92 Å². The van der Waals surface area contributed by atoms with Crippen molar-refractivity contribution in [1.82, 2.24) is 15.3 Å². The molecule has 1 amide bonds. The van der Waals surface area contributed by atoms with Gasteiger partial charge in [0.1, 0.15) is 17.6 Å². The van der Waals surface area contributed by atoms with E-state index in [9.17, 15) is 4.79 Å². The molecule has 0 atom stereocenters. The average molecular weight is 273 g/mol. The maximum absolute atomic E-state index is 11.3. The van der Waals surface area contributed by atoms with Crippen molar-refractivity contribution in [3.05, 3.63) is 17.0 Å². The zero-order chi connectivity index (χ0) is 13.5. The van der Waals surface area contributed by atoms with Gasteiger partial charge < -0.3 is 15.0 Å². The molecule has 0 aliphatic heterocycles. The smallest absolute Gasteiger partial charge is 0.239 e. The largest absolute Gasteiger partial charge is 0.374 e. The van der Waals surface area contributed by atoms with E-state index in [1.54, 1.807) is 25.1 Å². The standard InChI is InChI=1S/C11H17ClN4O2/c1-4-18-7-9-14-8(12)5-10(15-9)16(3)6-11(17)13-2/h5H,4,6-7H2,1-3H3,(H,13,17). The van der Waals surface area contributed by atoms with Gasteiger partial charge in [0.15, 0.2) is 5.82 Å². The topological polar surface area (TPSA) is 67.3 Å². The first-order chi connectivity index (χ1) is 8.56. The number of amides is 1. The highest BCUT2D eigenvalue weighted by molar-refractivity contribution is 6.29. The Balaban J connectivity index is 2.80. The molecular formula is C11H17ClN4O2. The Hall–Kier alpha value is -1.40. The van der Waals surface area contributed by atoms with Crippen molar-refractivity contribution < 1.29 is 9.53 Å². The Morgan fingerprint density at radius 3 is 2.89 bits per heavy atom. The Kier molecular flexibility index (Phi) is 5.80. The van der Waals surface area contributed by atoms with Crippen LogP contribution in [0.5, 0.6) is 0 Å². The highest BCUT2D eigenvalue weighted by atomic mass is 35.5. The SMILES string of the molecule is CCOCc1nc(Cl)cc(N(C)CC(=O)NC)n1. The van der Waals surface area contributed by atoms with Gasteiger partial charge in [0.25, 0.3) is 0 Å². The minimum absolute atomic E-state index is 0.0985. The number of likely N-dealkylation sites (N-methyl/N-ethyl adjacent to an activating group) is 2. The molecule has 0 unspecified atom stereocenters. The zero-order valence-corrected chi connectivity index (χ0v) is 11.5. The highest BCUT2D eigenvalue weighted by Gasteiger charge is 2.10. The van der Waals surface area contributed by atoms with Crippen LogP contribution in [0, 0.1) is 0 Å². The number of ether oxygens (including phenoxy) is 1. The Morgan fingerprint density at radius 2 is 2.28 bits per heavy atom. The normalized spacial score (nSPS) is 10.2. The van der Waals surface area contributed by atoms with E-state index in [-0.39, 0.29) is 12.5 Å². The lowest BCUT2D eigenvalue weighted by Gasteiger charge is -2.17. The average Bonchev–Trinajstić information content (AvgIpc) is 2.35. The lowest BCUT2D eigenvalue weighted by molar-refractivity contribution is -0.119. The van der Waals surface area contributed by atoms with Crippen molar-refractivity contribution in [3.8, 4) is 0 Å². The third-order valence-electron chi connectivity index (χ3n) is 2.21. The van der Waals surface area contributed by atoms with E-state index in [0.717, 1.165) is 0 Å². The molecule has 0 aliphatic carbocycles. The van der Waals surface area contributed by atoms with Crippen molar-refractivity contribution in [3.63, 3.8) is 0 Å². The number of carbonyl (C=O) groups excluding carboxylic acids is 1. The van der Waals surface area contributed by atoms with Gasteiger partial charge in [0.2, 0.25) is 5.91 Å². The molecule has 0 spiro atoms. The maximum Gasteiger partial charge on any atom is 0.239 e. The number of anilines is 1. The van der Waals surface area contributed by atoms with E-state index in [2.05, 4.69) is 15.3 Å². The van der Waals surface area contributed by atoms with Crippen LogP contribution in [-0.2, 0) is 16.1 Å². The number of nitrogens with one attached hydrogen (secondary N) is 1.